The summed E-state index contributed by atoms with van der Waals surface area (Å²) in [5.74, 6) is -0.657. The third-order valence-electron chi connectivity index (χ3n) is 3.42. The van der Waals surface area contributed by atoms with E-state index < -0.39 is 12.0 Å². The van der Waals surface area contributed by atoms with Crippen LogP contribution in [0.2, 0.25) is 0 Å². The first-order chi connectivity index (χ1) is 10.1. The Morgan fingerprint density at radius 1 is 1.33 bits per heavy atom. The molecular formula is C14H18N2O5. The Bertz CT molecular complexity index is 546. The normalized spacial score (nSPS) is 18.2. The fourth-order valence-electron chi connectivity index (χ4n) is 2.38. The number of benzene rings is 1. The van der Waals surface area contributed by atoms with E-state index in [4.69, 9.17) is 9.47 Å². The van der Waals surface area contributed by atoms with Gasteiger partial charge in [0.25, 0.3) is 5.91 Å². The Balaban J connectivity index is 2.36. The number of rotatable bonds is 4. The van der Waals surface area contributed by atoms with Crippen molar-refractivity contribution in [2.75, 3.05) is 33.9 Å². The number of nitrogens with zero attached hydrogens (tertiary/aromatic N) is 1. The smallest absolute Gasteiger partial charge is 0.327 e. The second-order valence-corrected chi connectivity index (χ2v) is 4.60. The Kier molecular flexibility index (Phi) is 4.64. The Morgan fingerprint density at radius 2 is 2.10 bits per heavy atom. The SMILES string of the molecule is COc1cccc(C(=O)N2CCNCC2C(=O)O)c1OC. The summed E-state index contributed by atoms with van der Waals surface area (Å²) in [5, 5.41) is 12.2. The van der Waals surface area contributed by atoms with Crippen molar-refractivity contribution in [3.05, 3.63) is 23.8 Å². The van der Waals surface area contributed by atoms with E-state index in [1.165, 1.54) is 19.1 Å². The number of hydrogen-bond acceptors (Lipinski definition) is 5. The number of carbonyl (C=O) groups excluding carboxylic acids is 1. The quantitative estimate of drug-likeness (QED) is 0.825. The van der Waals surface area contributed by atoms with E-state index in [1.807, 2.05) is 0 Å². The molecular weight excluding hydrogens is 276 g/mol. The molecule has 1 aromatic rings. The summed E-state index contributed by atoms with van der Waals surface area (Å²) in [6.07, 6.45) is 0. The lowest BCUT2D eigenvalue weighted by Crippen LogP contribution is -2.57. The zero-order valence-corrected chi connectivity index (χ0v) is 12.0. The van der Waals surface area contributed by atoms with Crippen molar-refractivity contribution in [1.82, 2.24) is 10.2 Å². The van der Waals surface area contributed by atoms with E-state index >= 15 is 0 Å². The fourth-order valence-corrected chi connectivity index (χ4v) is 2.38. The molecule has 0 radical (unpaired) electrons. The van der Waals surface area contributed by atoms with Crippen LogP contribution >= 0.6 is 0 Å². The molecule has 0 aliphatic carbocycles. The van der Waals surface area contributed by atoms with E-state index in [-0.39, 0.29) is 12.5 Å². The van der Waals surface area contributed by atoms with E-state index in [0.717, 1.165) is 0 Å². The van der Waals surface area contributed by atoms with Gasteiger partial charge < -0.3 is 24.8 Å². The molecule has 0 bridgehead atoms. The molecule has 1 saturated heterocycles. The highest BCUT2D eigenvalue weighted by molar-refractivity contribution is 5.99. The Labute approximate surface area is 122 Å². The van der Waals surface area contributed by atoms with Gasteiger partial charge in [0.2, 0.25) is 0 Å². The number of carboxylic acid groups (broad SMARTS) is 1. The fraction of sp³-hybridized carbons (Fsp3) is 0.429. The van der Waals surface area contributed by atoms with Crippen molar-refractivity contribution in [2.45, 2.75) is 6.04 Å². The van der Waals surface area contributed by atoms with Gasteiger partial charge in [-0.05, 0) is 12.1 Å². The van der Waals surface area contributed by atoms with E-state index in [2.05, 4.69) is 5.32 Å². The molecule has 1 atom stereocenters. The minimum absolute atomic E-state index is 0.230. The van der Waals surface area contributed by atoms with Crippen LogP contribution in [0.1, 0.15) is 10.4 Å². The van der Waals surface area contributed by atoms with Gasteiger partial charge in [-0.3, -0.25) is 4.79 Å². The van der Waals surface area contributed by atoms with Gasteiger partial charge in [-0.25, -0.2) is 4.79 Å². The van der Waals surface area contributed by atoms with Crippen LogP contribution in [0.5, 0.6) is 11.5 Å². The van der Waals surface area contributed by atoms with Gasteiger partial charge in [0, 0.05) is 19.6 Å². The summed E-state index contributed by atoms with van der Waals surface area (Å²) in [7, 11) is 2.93. The molecule has 1 fully saturated rings. The molecule has 1 aliphatic heterocycles. The number of hydrogen-bond donors (Lipinski definition) is 2. The topological polar surface area (TPSA) is 88.1 Å². The average molecular weight is 294 g/mol. The largest absolute Gasteiger partial charge is 0.493 e. The monoisotopic (exact) mass is 294 g/mol. The number of aliphatic carboxylic acids is 1. The summed E-state index contributed by atoms with van der Waals surface area (Å²) in [6, 6.07) is 4.07. The molecule has 0 aromatic heterocycles. The van der Waals surface area contributed by atoms with Crippen LogP contribution in [-0.2, 0) is 4.79 Å². The second kappa shape index (κ2) is 6.45. The molecule has 0 saturated carbocycles. The van der Waals surface area contributed by atoms with Gasteiger partial charge in [0.05, 0.1) is 19.8 Å². The van der Waals surface area contributed by atoms with Crippen LogP contribution in [-0.4, -0.2) is 61.8 Å². The first-order valence-electron chi connectivity index (χ1n) is 6.55. The van der Waals surface area contributed by atoms with Crippen molar-refractivity contribution in [1.29, 1.82) is 0 Å². The predicted octanol–water partition coefficient (Wildman–Crippen LogP) is 0.202. The predicted molar refractivity (Wildman–Crippen MR) is 74.9 cm³/mol. The highest BCUT2D eigenvalue weighted by Gasteiger charge is 2.34. The molecule has 1 aromatic carbocycles. The van der Waals surface area contributed by atoms with Crippen molar-refractivity contribution >= 4 is 11.9 Å². The summed E-state index contributed by atoms with van der Waals surface area (Å²) in [5.41, 5.74) is 0.296. The van der Waals surface area contributed by atoms with E-state index in [1.54, 1.807) is 18.2 Å². The van der Waals surface area contributed by atoms with Crippen molar-refractivity contribution in [3.8, 4) is 11.5 Å². The van der Waals surface area contributed by atoms with Gasteiger partial charge in [-0.1, -0.05) is 6.07 Å². The van der Waals surface area contributed by atoms with Crippen molar-refractivity contribution < 1.29 is 24.2 Å². The molecule has 2 rings (SSSR count). The first-order valence-corrected chi connectivity index (χ1v) is 6.55. The Hall–Kier alpha value is -2.28. The van der Waals surface area contributed by atoms with E-state index in [0.29, 0.717) is 30.2 Å². The van der Waals surface area contributed by atoms with Crippen LogP contribution in [0.15, 0.2) is 18.2 Å². The summed E-state index contributed by atoms with van der Waals surface area (Å²) in [4.78, 5) is 25.3. The van der Waals surface area contributed by atoms with Gasteiger partial charge in [0.1, 0.15) is 6.04 Å². The summed E-state index contributed by atoms with van der Waals surface area (Å²) < 4.78 is 10.4. The maximum absolute atomic E-state index is 12.7. The number of methoxy groups -OCH3 is 2. The minimum Gasteiger partial charge on any atom is -0.493 e. The molecule has 21 heavy (non-hydrogen) atoms. The maximum atomic E-state index is 12.7. The van der Waals surface area contributed by atoms with Gasteiger partial charge in [-0.2, -0.15) is 0 Å². The molecule has 1 amide bonds. The molecule has 7 nitrogen and oxygen atoms in total. The summed E-state index contributed by atoms with van der Waals surface area (Å²) >= 11 is 0. The van der Waals surface area contributed by atoms with E-state index in [9.17, 15) is 14.7 Å². The lowest BCUT2D eigenvalue weighted by atomic mass is 10.1. The molecule has 1 unspecified atom stereocenters. The highest BCUT2D eigenvalue weighted by atomic mass is 16.5. The maximum Gasteiger partial charge on any atom is 0.327 e. The number of carbonyl (C=O) groups is 2. The van der Waals surface area contributed by atoms with Crippen LogP contribution in [0, 0.1) is 0 Å². The van der Waals surface area contributed by atoms with Gasteiger partial charge in [-0.15, -0.1) is 0 Å². The molecule has 2 N–H and O–H groups in total. The first kappa shape index (κ1) is 15.1. The number of para-hydroxylation sites is 1. The molecule has 7 heteroatoms. The minimum atomic E-state index is -1.03. The zero-order chi connectivity index (χ0) is 15.4. The van der Waals surface area contributed by atoms with Crippen LogP contribution < -0.4 is 14.8 Å². The molecule has 1 heterocycles. The summed E-state index contributed by atoms with van der Waals surface area (Å²) in [6.45, 7) is 1.12. The lowest BCUT2D eigenvalue weighted by Gasteiger charge is -2.33. The van der Waals surface area contributed by atoms with Gasteiger partial charge >= 0.3 is 5.97 Å². The zero-order valence-electron chi connectivity index (χ0n) is 12.0. The van der Waals surface area contributed by atoms with Crippen LogP contribution in [0.3, 0.4) is 0 Å². The van der Waals surface area contributed by atoms with Gasteiger partial charge in [0.15, 0.2) is 11.5 Å². The number of amides is 1. The van der Waals surface area contributed by atoms with Crippen molar-refractivity contribution in [3.63, 3.8) is 0 Å². The van der Waals surface area contributed by atoms with Crippen LogP contribution in [0.25, 0.3) is 0 Å². The lowest BCUT2D eigenvalue weighted by molar-refractivity contribution is -0.142. The third kappa shape index (κ3) is 2.92. The number of ether oxygens (including phenoxy) is 2. The number of nitrogens with one attached hydrogen (secondary N) is 1. The molecule has 1 aliphatic rings. The second-order valence-electron chi connectivity index (χ2n) is 4.60. The van der Waals surface area contributed by atoms with Crippen LogP contribution in [0.4, 0.5) is 0 Å². The standard InChI is InChI=1S/C14H18N2O5/c1-20-11-5-3-4-9(12(11)21-2)13(17)16-7-6-15-8-10(16)14(18)19/h3-5,10,15H,6-8H2,1-2H3,(H,18,19). The third-order valence-corrected chi connectivity index (χ3v) is 3.42. The number of piperazine rings is 1. The highest BCUT2D eigenvalue weighted by Crippen LogP contribution is 2.31. The Morgan fingerprint density at radius 3 is 2.71 bits per heavy atom. The number of carboxylic acids is 1. The van der Waals surface area contributed by atoms with Crippen molar-refractivity contribution in [2.24, 2.45) is 0 Å². The molecule has 0 spiro atoms. The average Bonchev–Trinajstić information content (AvgIpc) is 2.53. The molecule has 114 valence electrons.